The van der Waals surface area contributed by atoms with Crippen LogP contribution in [0.25, 0.3) is 0 Å². The number of aliphatic imine (C=N–C) groups is 1. The Morgan fingerprint density at radius 3 is 2.36 bits per heavy atom. The number of methoxy groups -OCH3 is 1. The van der Waals surface area contributed by atoms with Gasteiger partial charge >= 0.3 is 0 Å². The summed E-state index contributed by atoms with van der Waals surface area (Å²) in [7, 11) is 0.331. The molecule has 0 spiro atoms. The van der Waals surface area contributed by atoms with Gasteiger partial charge in [0.15, 0.2) is 5.96 Å². The van der Waals surface area contributed by atoms with Gasteiger partial charge in [-0.05, 0) is 30.7 Å². The maximum atomic E-state index is 11.6. The van der Waals surface area contributed by atoms with Crippen LogP contribution < -0.4 is 15.0 Å². The first-order valence-corrected chi connectivity index (χ1v) is 11.5. The number of hydrogen-bond donors (Lipinski definition) is 1. The zero-order valence-corrected chi connectivity index (χ0v) is 18.2. The first kappa shape index (κ1) is 22.3. The fourth-order valence-corrected chi connectivity index (χ4v) is 4.25. The number of sulfonamides is 1. The maximum Gasteiger partial charge on any atom is 0.211 e. The second kappa shape index (κ2) is 10.5. The summed E-state index contributed by atoms with van der Waals surface area (Å²) in [4.78, 5) is 8.98. The summed E-state index contributed by atoms with van der Waals surface area (Å²) >= 11 is 0. The van der Waals surface area contributed by atoms with Gasteiger partial charge in [0.05, 0.1) is 13.4 Å². The highest BCUT2D eigenvalue weighted by Gasteiger charge is 2.20. The van der Waals surface area contributed by atoms with Crippen molar-refractivity contribution in [2.45, 2.75) is 13.3 Å². The molecule has 1 aromatic rings. The van der Waals surface area contributed by atoms with Crippen LogP contribution in [0.15, 0.2) is 29.3 Å². The van der Waals surface area contributed by atoms with E-state index in [1.54, 1.807) is 14.2 Å². The Labute approximate surface area is 169 Å². The molecule has 0 saturated carbocycles. The molecule has 0 unspecified atom stereocenters. The largest absolute Gasteiger partial charge is 0.497 e. The van der Waals surface area contributed by atoms with Gasteiger partial charge in [0, 0.05) is 58.5 Å². The van der Waals surface area contributed by atoms with E-state index in [1.807, 2.05) is 19.1 Å². The van der Waals surface area contributed by atoms with Crippen molar-refractivity contribution < 1.29 is 13.2 Å². The summed E-state index contributed by atoms with van der Waals surface area (Å²) in [6.07, 6.45) is 2.00. The molecule has 0 amide bonds. The Kier molecular flexibility index (Phi) is 8.37. The maximum absolute atomic E-state index is 11.6. The van der Waals surface area contributed by atoms with Gasteiger partial charge in [-0.3, -0.25) is 4.99 Å². The molecule has 1 aliphatic rings. The molecular weight excluding hydrogens is 378 g/mol. The number of rotatable bonds is 8. The molecule has 8 nitrogen and oxygen atoms in total. The number of guanidine groups is 1. The third kappa shape index (κ3) is 6.27. The van der Waals surface area contributed by atoms with Gasteiger partial charge in [-0.1, -0.05) is 6.92 Å². The van der Waals surface area contributed by atoms with Gasteiger partial charge in [-0.2, -0.15) is 0 Å². The molecule has 158 valence electrons. The summed E-state index contributed by atoms with van der Waals surface area (Å²) in [5, 5.41) is 3.36. The van der Waals surface area contributed by atoms with E-state index in [0.717, 1.165) is 44.3 Å². The third-order valence-electron chi connectivity index (χ3n) is 4.92. The summed E-state index contributed by atoms with van der Waals surface area (Å²) in [6.45, 7) is 7.18. The Morgan fingerprint density at radius 2 is 1.86 bits per heavy atom. The predicted octanol–water partition coefficient (Wildman–Crippen LogP) is 1.06. The van der Waals surface area contributed by atoms with Crippen LogP contribution in [-0.4, -0.2) is 89.8 Å². The van der Waals surface area contributed by atoms with Crippen molar-refractivity contribution in [3.8, 4) is 5.75 Å². The second-order valence-corrected chi connectivity index (χ2v) is 8.74. The van der Waals surface area contributed by atoms with Crippen molar-refractivity contribution in [2.24, 2.45) is 4.99 Å². The van der Waals surface area contributed by atoms with Crippen LogP contribution in [0, 0.1) is 0 Å². The molecule has 0 atom stereocenters. The molecule has 0 aliphatic carbocycles. The van der Waals surface area contributed by atoms with Crippen LogP contribution in [-0.2, 0) is 10.0 Å². The molecule has 2 rings (SSSR count). The third-order valence-corrected chi connectivity index (χ3v) is 6.30. The molecular formula is C19H33N5O3S. The minimum absolute atomic E-state index is 0.501. The molecule has 1 aliphatic heterocycles. The first-order valence-electron chi connectivity index (χ1n) is 9.68. The lowest BCUT2D eigenvalue weighted by molar-refractivity contribution is 0.370. The number of piperazine rings is 1. The molecule has 1 N–H and O–H groups in total. The minimum Gasteiger partial charge on any atom is -0.497 e. The van der Waals surface area contributed by atoms with E-state index in [0.29, 0.717) is 19.6 Å². The van der Waals surface area contributed by atoms with E-state index < -0.39 is 10.0 Å². The Hall–Kier alpha value is -2.00. The van der Waals surface area contributed by atoms with Gasteiger partial charge in [-0.15, -0.1) is 0 Å². The van der Waals surface area contributed by atoms with Gasteiger partial charge in [0.2, 0.25) is 10.0 Å². The molecule has 1 saturated heterocycles. The molecule has 1 fully saturated rings. The zero-order valence-electron chi connectivity index (χ0n) is 17.4. The van der Waals surface area contributed by atoms with Crippen molar-refractivity contribution in [1.29, 1.82) is 0 Å². The monoisotopic (exact) mass is 411 g/mol. The quantitative estimate of drug-likeness (QED) is 0.392. The van der Waals surface area contributed by atoms with E-state index in [9.17, 15) is 8.42 Å². The summed E-state index contributed by atoms with van der Waals surface area (Å²) in [5.41, 5.74) is 1.20. The van der Waals surface area contributed by atoms with Crippen LogP contribution in [0.4, 0.5) is 5.69 Å². The molecule has 0 aromatic heterocycles. The van der Waals surface area contributed by atoms with Gasteiger partial charge < -0.3 is 19.9 Å². The average molecular weight is 412 g/mol. The standard InChI is InChI=1S/C19H33N5O3S/c1-5-24(28(4,25)26)12-6-11-21-19(20-2)23-15-13-22(14-16-23)17-7-9-18(27-3)10-8-17/h7-10H,5-6,11-16H2,1-4H3,(H,20,21). The van der Waals surface area contributed by atoms with Gasteiger partial charge in [-0.25, -0.2) is 12.7 Å². The van der Waals surface area contributed by atoms with Crippen molar-refractivity contribution >= 4 is 21.7 Å². The van der Waals surface area contributed by atoms with Crippen molar-refractivity contribution in [1.82, 2.24) is 14.5 Å². The van der Waals surface area contributed by atoms with Crippen molar-refractivity contribution in [3.63, 3.8) is 0 Å². The van der Waals surface area contributed by atoms with Crippen molar-refractivity contribution in [2.75, 3.05) is 71.1 Å². The summed E-state index contributed by atoms with van der Waals surface area (Å²) in [6, 6.07) is 8.14. The number of benzene rings is 1. The van der Waals surface area contributed by atoms with Crippen LogP contribution >= 0.6 is 0 Å². The number of nitrogens with one attached hydrogen (secondary N) is 1. The molecule has 0 radical (unpaired) electrons. The van der Waals surface area contributed by atoms with E-state index >= 15 is 0 Å². The van der Waals surface area contributed by atoms with E-state index in [2.05, 4.69) is 32.2 Å². The number of ether oxygens (including phenoxy) is 1. The lowest BCUT2D eigenvalue weighted by Gasteiger charge is -2.37. The van der Waals surface area contributed by atoms with E-state index in [4.69, 9.17) is 4.74 Å². The predicted molar refractivity (Wildman–Crippen MR) is 115 cm³/mol. The van der Waals surface area contributed by atoms with Gasteiger partial charge in [0.25, 0.3) is 0 Å². The number of anilines is 1. The Morgan fingerprint density at radius 1 is 1.21 bits per heavy atom. The van der Waals surface area contributed by atoms with Crippen LogP contribution in [0.3, 0.4) is 0 Å². The highest BCUT2D eigenvalue weighted by atomic mass is 32.2. The highest BCUT2D eigenvalue weighted by molar-refractivity contribution is 7.88. The molecule has 28 heavy (non-hydrogen) atoms. The minimum atomic E-state index is -3.13. The lowest BCUT2D eigenvalue weighted by Crippen LogP contribution is -2.52. The van der Waals surface area contributed by atoms with Gasteiger partial charge in [0.1, 0.15) is 5.75 Å². The number of nitrogens with zero attached hydrogens (tertiary/aromatic N) is 4. The van der Waals surface area contributed by atoms with Crippen LogP contribution in [0.5, 0.6) is 5.75 Å². The lowest BCUT2D eigenvalue weighted by atomic mass is 10.2. The molecule has 1 aromatic carbocycles. The Balaban J connectivity index is 1.78. The Bertz CT molecular complexity index is 728. The molecule has 1 heterocycles. The second-order valence-electron chi connectivity index (χ2n) is 6.75. The number of hydrogen-bond acceptors (Lipinski definition) is 5. The molecule has 0 bridgehead atoms. The smallest absolute Gasteiger partial charge is 0.211 e. The fourth-order valence-electron chi connectivity index (χ4n) is 3.32. The van der Waals surface area contributed by atoms with Crippen molar-refractivity contribution in [3.05, 3.63) is 24.3 Å². The van der Waals surface area contributed by atoms with Crippen LogP contribution in [0.1, 0.15) is 13.3 Å². The SMILES string of the molecule is CCN(CCCNC(=NC)N1CCN(c2ccc(OC)cc2)CC1)S(C)(=O)=O. The highest BCUT2D eigenvalue weighted by Crippen LogP contribution is 2.20. The summed E-state index contributed by atoms with van der Waals surface area (Å²) in [5.74, 6) is 1.74. The fraction of sp³-hybridized carbons (Fsp3) is 0.632. The molecule has 9 heteroatoms. The average Bonchev–Trinajstić information content (AvgIpc) is 2.70. The zero-order chi connectivity index (χ0) is 20.6. The van der Waals surface area contributed by atoms with E-state index in [-0.39, 0.29) is 0 Å². The normalized spacial score (nSPS) is 15.8. The first-order chi connectivity index (χ1) is 13.4. The topological polar surface area (TPSA) is 77.5 Å². The van der Waals surface area contributed by atoms with E-state index in [1.165, 1.54) is 16.2 Å². The summed E-state index contributed by atoms with van der Waals surface area (Å²) < 4.78 is 30.0. The van der Waals surface area contributed by atoms with Crippen LogP contribution in [0.2, 0.25) is 0 Å².